The Morgan fingerprint density at radius 2 is 1.97 bits per heavy atom. The number of sulfonamides is 1. The second-order valence-corrected chi connectivity index (χ2v) is 10.00. The Hall–Kier alpha value is -2.91. The van der Waals surface area contributed by atoms with Crippen LogP contribution >= 0.6 is 11.3 Å². The van der Waals surface area contributed by atoms with Gasteiger partial charge in [-0.3, -0.25) is 14.4 Å². The first kappa shape index (κ1) is 20.4. The minimum atomic E-state index is -3.82. The molecule has 7 nitrogen and oxygen atoms in total. The van der Waals surface area contributed by atoms with E-state index in [0.717, 1.165) is 16.1 Å². The summed E-state index contributed by atoms with van der Waals surface area (Å²) in [6.07, 6.45) is 0.654. The summed E-state index contributed by atoms with van der Waals surface area (Å²) < 4.78 is 33.3. The van der Waals surface area contributed by atoms with Crippen LogP contribution in [-0.2, 0) is 16.4 Å². The van der Waals surface area contributed by atoms with Crippen LogP contribution in [0.15, 0.2) is 47.4 Å². The van der Waals surface area contributed by atoms with Crippen molar-refractivity contribution < 1.29 is 17.9 Å². The molecular formula is C21H21N3O4S2. The molecule has 2 aromatic carbocycles. The van der Waals surface area contributed by atoms with E-state index < -0.39 is 15.9 Å². The second kappa shape index (κ2) is 7.73. The van der Waals surface area contributed by atoms with Crippen molar-refractivity contribution in [3.8, 4) is 5.75 Å². The van der Waals surface area contributed by atoms with Crippen molar-refractivity contribution in [2.45, 2.75) is 25.2 Å². The van der Waals surface area contributed by atoms with Gasteiger partial charge in [0, 0.05) is 11.4 Å². The lowest BCUT2D eigenvalue weighted by Crippen LogP contribution is -2.29. The zero-order chi connectivity index (χ0) is 21.5. The predicted molar refractivity (Wildman–Crippen MR) is 117 cm³/mol. The van der Waals surface area contributed by atoms with E-state index in [0.29, 0.717) is 29.5 Å². The van der Waals surface area contributed by atoms with Gasteiger partial charge in [-0.25, -0.2) is 13.4 Å². The third-order valence-electron chi connectivity index (χ3n) is 5.10. The molecule has 1 amide bonds. The SMILES string of the molecule is COc1ccc(S(=O)(=O)N2CCc3ccccc32)cc1C(=O)Nc1nc(C)c(C)s1. The van der Waals surface area contributed by atoms with E-state index in [2.05, 4.69) is 10.3 Å². The number of amides is 1. The molecule has 1 aromatic heterocycles. The highest BCUT2D eigenvalue weighted by molar-refractivity contribution is 7.92. The van der Waals surface area contributed by atoms with Crippen molar-refractivity contribution in [1.82, 2.24) is 4.98 Å². The molecule has 1 aliphatic heterocycles. The van der Waals surface area contributed by atoms with E-state index in [9.17, 15) is 13.2 Å². The lowest BCUT2D eigenvalue weighted by molar-refractivity contribution is 0.102. The van der Waals surface area contributed by atoms with Crippen molar-refractivity contribution >= 4 is 38.1 Å². The number of aromatic nitrogens is 1. The first-order valence-corrected chi connectivity index (χ1v) is 11.6. The number of carbonyl (C=O) groups excluding carboxylic acids is 1. The molecule has 4 rings (SSSR count). The van der Waals surface area contributed by atoms with E-state index in [1.807, 2.05) is 32.0 Å². The van der Waals surface area contributed by atoms with Gasteiger partial charge in [-0.2, -0.15) is 0 Å². The van der Waals surface area contributed by atoms with Crippen LogP contribution in [0.4, 0.5) is 10.8 Å². The average molecular weight is 444 g/mol. The Morgan fingerprint density at radius 3 is 2.67 bits per heavy atom. The van der Waals surface area contributed by atoms with Crippen LogP contribution < -0.4 is 14.4 Å². The quantitative estimate of drug-likeness (QED) is 0.648. The molecule has 0 atom stereocenters. The minimum Gasteiger partial charge on any atom is -0.496 e. The van der Waals surface area contributed by atoms with Crippen LogP contribution in [-0.4, -0.2) is 33.0 Å². The zero-order valence-corrected chi connectivity index (χ0v) is 18.4. The molecule has 0 fully saturated rings. The lowest BCUT2D eigenvalue weighted by atomic mass is 10.2. The second-order valence-electron chi connectivity index (χ2n) is 6.93. The van der Waals surface area contributed by atoms with E-state index in [4.69, 9.17) is 4.74 Å². The largest absolute Gasteiger partial charge is 0.496 e. The molecule has 0 aliphatic carbocycles. The molecule has 2 heterocycles. The van der Waals surface area contributed by atoms with Crippen LogP contribution in [0.2, 0.25) is 0 Å². The summed E-state index contributed by atoms with van der Waals surface area (Å²) in [7, 11) is -2.38. The Kier molecular flexibility index (Phi) is 5.25. The van der Waals surface area contributed by atoms with Crippen LogP contribution in [0.5, 0.6) is 5.75 Å². The number of thiazole rings is 1. The van der Waals surface area contributed by atoms with Crippen LogP contribution in [0.1, 0.15) is 26.5 Å². The van der Waals surface area contributed by atoms with Gasteiger partial charge in [0.25, 0.3) is 15.9 Å². The number of rotatable bonds is 5. The van der Waals surface area contributed by atoms with Gasteiger partial charge in [0.05, 0.1) is 29.0 Å². The summed E-state index contributed by atoms with van der Waals surface area (Å²) in [5.74, 6) is -0.183. The van der Waals surface area contributed by atoms with Gasteiger partial charge in [-0.1, -0.05) is 18.2 Å². The van der Waals surface area contributed by atoms with Crippen LogP contribution in [0.3, 0.4) is 0 Å². The number of hydrogen-bond acceptors (Lipinski definition) is 6. The lowest BCUT2D eigenvalue weighted by Gasteiger charge is -2.20. The smallest absolute Gasteiger partial charge is 0.264 e. The Balaban J connectivity index is 1.69. The summed E-state index contributed by atoms with van der Waals surface area (Å²) >= 11 is 1.36. The van der Waals surface area contributed by atoms with E-state index >= 15 is 0 Å². The van der Waals surface area contributed by atoms with Gasteiger partial charge in [-0.05, 0) is 50.1 Å². The van der Waals surface area contributed by atoms with E-state index in [-0.39, 0.29) is 10.5 Å². The maximum absolute atomic E-state index is 13.3. The predicted octanol–water partition coefficient (Wildman–Crippen LogP) is 3.77. The first-order valence-electron chi connectivity index (χ1n) is 9.35. The number of methoxy groups -OCH3 is 1. The number of nitrogens with one attached hydrogen (secondary N) is 1. The molecule has 0 spiro atoms. The van der Waals surface area contributed by atoms with E-state index in [1.54, 1.807) is 6.07 Å². The third-order valence-corrected chi connectivity index (χ3v) is 7.89. The molecule has 0 bridgehead atoms. The molecule has 30 heavy (non-hydrogen) atoms. The normalized spacial score (nSPS) is 13.2. The van der Waals surface area contributed by atoms with E-state index in [1.165, 1.54) is 41.0 Å². The third kappa shape index (κ3) is 3.54. The molecule has 9 heteroatoms. The van der Waals surface area contributed by atoms with Crippen molar-refractivity contribution in [1.29, 1.82) is 0 Å². The van der Waals surface area contributed by atoms with Crippen LogP contribution in [0.25, 0.3) is 0 Å². The number of nitrogens with zero attached hydrogens (tertiary/aromatic N) is 2. The van der Waals surface area contributed by atoms with Crippen molar-refractivity contribution in [3.05, 3.63) is 64.2 Å². The Morgan fingerprint density at radius 1 is 1.20 bits per heavy atom. The highest BCUT2D eigenvalue weighted by Crippen LogP contribution is 2.34. The fraction of sp³-hybridized carbons (Fsp3) is 0.238. The monoisotopic (exact) mass is 443 g/mol. The molecule has 1 aliphatic rings. The van der Waals surface area contributed by atoms with Gasteiger partial charge < -0.3 is 4.74 Å². The topological polar surface area (TPSA) is 88.6 Å². The van der Waals surface area contributed by atoms with Crippen molar-refractivity contribution in [2.75, 3.05) is 23.3 Å². The Labute approximate surface area is 179 Å². The maximum Gasteiger partial charge on any atom is 0.264 e. The summed E-state index contributed by atoms with van der Waals surface area (Å²) in [5, 5.41) is 3.20. The molecule has 1 N–H and O–H groups in total. The number of ether oxygens (including phenoxy) is 1. The molecular weight excluding hydrogens is 422 g/mol. The highest BCUT2D eigenvalue weighted by atomic mass is 32.2. The van der Waals surface area contributed by atoms with Crippen molar-refractivity contribution in [3.63, 3.8) is 0 Å². The molecule has 3 aromatic rings. The average Bonchev–Trinajstić information content (AvgIpc) is 3.30. The molecule has 156 valence electrons. The van der Waals surface area contributed by atoms with Gasteiger partial charge in [0.1, 0.15) is 5.75 Å². The van der Waals surface area contributed by atoms with Crippen molar-refractivity contribution in [2.24, 2.45) is 0 Å². The summed E-state index contributed by atoms with van der Waals surface area (Å²) in [4.78, 5) is 18.2. The standard InChI is InChI=1S/C21H21N3O4S2/c1-13-14(2)29-21(22-13)23-20(25)17-12-16(8-9-19(17)28-3)30(26,27)24-11-10-15-6-4-5-7-18(15)24/h4-9,12H,10-11H2,1-3H3,(H,22,23,25). The summed E-state index contributed by atoms with van der Waals surface area (Å²) in [6, 6.07) is 11.8. The number of anilines is 2. The van der Waals surface area contributed by atoms with Crippen LogP contribution in [0, 0.1) is 13.8 Å². The Bertz CT molecular complexity index is 1220. The molecule has 0 radical (unpaired) electrons. The fourth-order valence-corrected chi connectivity index (χ4v) is 5.74. The first-order chi connectivity index (χ1) is 14.3. The number of aryl methyl sites for hydroxylation is 2. The number of hydrogen-bond donors (Lipinski definition) is 1. The fourth-order valence-electron chi connectivity index (χ4n) is 3.40. The van der Waals surface area contributed by atoms with Gasteiger partial charge in [0.2, 0.25) is 0 Å². The van der Waals surface area contributed by atoms with Gasteiger partial charge in [-0.15, -0.1) is 11.3 Å². The maximum atomic E-state index is 13.3. The number of carbonyl (C=O) groups is 1. The number of benzene rings is 2. The number of para-hydroxylation sites is 1. The molecule has 0 saturated heterocycles. The molecule has 0 saturated carbocycles. The number of fused-ring (bicyclic) bond motifs is 1. The highest BCUT2D eigenvalue weighted by Gasteiger charge is 2.31. The van der Waals surface area contributed by atoms with Gasteiger partial charge >= 0.3 is 0 Å². The summed E-state index contributed by atoms with van der Waals surface area (Å²) in [6.45, 7) is 4.15. The summed E-state index contributed by atoms with van der Waals surface area (Å²) in [5.41, 5.74) is 2.64. The van der Waals surface area contributed by atoms with Gasteiger partial charge in [0.15, 0.2) is 5.13 Å². The minimum absolute atomic E-state index is 0.0386. The molecule has 0 unspecified atom stereocenters. The zero-order valence-electron chi connectivity index (χ0n) is 16.8.